The van der Waals surface area contributed by atoms with Gasteiger partial charge >= 0.3 is 0 Å². The van der Waals surface area contributed by atoms with Crippen molar-refractivity contribution in [2.75, 3.05) is 5.32 Å². The number of nitrogens with zero attached hydrogens (tertiary/aromatic N) is 1. The first kappa shape index (κ1) is 25.1. The van der Waals surface area contributed by atoms with Crippen LogP contribution in [-0.2, 0) is 25.7 Å². The lowest BCUT2D eigenvalue weighted by atomic mass is 9.74. The number of halogens is 1. The van der Waals surface area contributed by atoms with Gasteiger partial charge in [-0.25, -0.2) is 0 Å². The molecule has 38 heavy (non-hydrogen) atoms. The molecule has 2 aromatic carbocycles. The van der Waals surface area contributed by atoms with Crippen LogP contribution in [0.4, 0.5) is 5.69 Å². The minimum atomic E-state index is -1.18. The van der Waals surface area contributed by atoms with Crippen molar-refractivity contribution in [3.8, 4) is 0 Å². The molecule has 1 saturated carbocycles. The molecule has 2 N–H and O–H groups in total. The van der Waals surface area contributed by atoms with Crippen molar-refractivity contribution in [1.82, 2.24) is 10.2 Å². The monoisotopic (exact) mass is 533 g/mol. The number of aryl methyl sites for hydroxylation is 1. The fraction of sp³-hybridized carbons (Fsp3) is 0.433. The van der Waals surface area contributed by atoms with E-state index in [1.807, 2.05) is 55.5 Å². The van der Waals surface area contributed by atoms with E-state index in [4.69, 9.17) is 16.3 Å². The molecule has 3 heterocycles. The molecule has 3 fully saturated rings. The van der Waals surface area contributed by atoms with Crippen molar-refractivity contribution < 1.29 is 19.1 Å². The third-order valence-corrected chi connectivity index (χ3v) is 8.71. The lowest BCUT2D eigenvalue weighted by Gasteiger charge is -2.34. The number of anilines is 1. The van der Waals surface area contributed by atoms with Crippen molar-refractivity contribution in [1.29, 1.82) is 0 Å². The maximum absolute atomic E-state index is 14.1. The van der Waals surface area contributed by atoms with E-state index in [0.29, 0.717) is 10.7 Å². The van der Waals surface area contributed by atoms with Gasteiger partial charge in [0.25, 0.3) is 0 Å². The van der Waals surface area contributed by atoms with Gasteiger partial charge in [-0.05, 0) is 49.6 Å². The molecular weight excluding hydrogens is 502 g/mol. The highest BCUT2D eigenvalue weighted by atomic mass is 35.5. The Morgan fingerprint density at radius 1 is 1.03 bits per heavy atom. The number of hydrogen-bond acceptors (Lipinski definition) is 4. The molecule has 2 saturated heterocycles. The smallest absolute Gasteiger partial charge is 0.246 e. The van der Waals surface area contributed by atoms with E-state index in [1.165, 1.54) is 6.42 Å². The summed E-state index contributed by atoms with van der Waals surface area (Å²) >= 11 is 6.08. The predicted octanol–water partition coefficient (Wildman–Crippen LogP) is 4.39. The average molecular weight is 534 g/mol. The normalized spacial score (nSPS) is 29.9. The van der Waals surface area contributed by atoms with Crippen LogP contribution < -0.4 is 10.6 Å². The summed E-state index contributed by atoms with van der Waals surface area (Å²) in [5.41, 5.74) is 1.43. The molecule has 3 aliphatic heterocycles. The fourth-order valence-electron chi connectivity index (χ4n) is 6.61. The van der Waals surface area contributed by atoms with Crippen LogP contribution in [0.25, 0.3) is 0 Å². The van der Waals surface area contributed by atoms with E-state index in [9.17, 15) is 14.4 Å². The quantitative estimate of drug-likeness (QED) is 0.539. The standard InChI is InChI=1S/C30H32ClN3O4/c1-18-7-13-22(14-8-18)32-27(35)24-23-15-16-30(38-23)25(24)29(37)34(17-19-9-11-20(31)12-10-19)26(30)28(36)33-21-5-3-2-4-6-21/h7-16,21,23-26H,2-6,17H2,1H3,(H,32,35)(H,33,36)/t23-,24?,25-,26?,30?/m1/s1. The Morgan fingerprint density at radius 3 is 2.45 bits per heavy atom. The zero-order valence-electron chi connectivity index (χ0n) is 21.4. The molecule has 4 aliphatic rings. The second kappa shape index (κ2) is 9.86. The van der Waals surface area contributed by atoms with Crippen LogP contribution in [0.2, 0.25) is 5.02 Å². The Morgan fingerprint density at radius 2 is 1.74 bits per heavy atom. The van der Waals surface area contributed by atoms with Gasteiger partial charge in [0.1, 0.15) is 11.6 Å². The molecule has 0 radical (unpaired) electrons. The van der Waals surface area contributed by atoms with Gasteiger partial charge in [0.15, 0.2) is 0 Å². The van der Waals surface area contributed by atoms with E-state index in [1.54, 1.807) is 17.0 Å². The molecule has 2 bridgehead atoms. The molecule has 198 valence electrons. The zero-order chi connectivity index (χ0) is 26.4. The Balaban J connectivity index is 1.32. The Kier molecular flexibility index (Phi) is 6.52. The maximum atomic E-state index is 14.1. The minimum absolute atomic E-state index is 0.0856. The van der Waals surface area contributed by atoms with E-state index in [-0.39, 0.29) is 30.3 Å². The third-order valence-electron chi connectivity index (χ3n) is 8.46. The Hall–Kier alpha value is -3.16. The topological polar surface area (TPSA) is 87.7 Å². The predicted molar refractivity (Wildman–Crippen MR) is 144 cm³/mol. The average Bonchev–Trinajstić information content (AvgIpc) is 3.55. The summed E-state index contributed by atoms with van der Waals surface area (Å²) in [7, 11) is 0. The van der Waals surface area contributed by atoms with Gasteiger partial charge in [0.2, 0.25) is 17.7 Å². The van der Waals surface area contributed by atoms with Gasteiger partial charge < -0.3 is 20.3 Å². The van der Waals surface area contributed by atoms with Crippen molar-refractivity contribution in [3.63, 3.8) is 0 Å². The van der Waals surface area contributed by atoms with E-state index in [0.717, 1.165) is 36.8 Å². The summed E-state index contributed by atoms with van der Waals surface area (Å²) in [5, 5.41) is 6.78. The molecule has 8 heteroatoms. The lowest BCUT2D eigenvalue weighted by Crippen LogP contribution is -2.56. The molecule has 2 aromatic rings. The third kappa shape index (κ3) is 4.31. The van der Waals surface area contributed by atoms with Crippen molar-refractivity contribution >= 4 is 35.0 Å². The number of amides is 3. The highest BCUT2D eigenvalue weighted by Gasteiger charge is 2.72. The van der Waals surface area contributed by atoms with Gasteiger partial charge in [0.05, 0.1) is 17.9 Å². The number of ether oxygens (including phenoxy) is 1. The molecular formula is C30H32ClN3O4. The van der Waals surface area contributed by atoms with Crippen LogP contribution in [-0.4, -0.2) is 46.4 Å². The minimum Gasteiger partial charge on any atom is -0.359 e. The summed E-state index contributed by atoms with van der Waals surface area (Å²) in [5.74, 6) is -2.24. The van der Waals surface area contributed by atoms with Crippen LogP contribution in [0.3, 0.4) is 0 Å². The number of hydrogen-bond donors (Lipinski definition) is 2. The van der Waals surface area contributed by atoms with Gasteiger partial charge in [-0.15, -0.1) is 0 Å². The summed E-state index contributed by atoms with van der Waals surface area (Å²) in [6.45, 7) is 2.21. The molecule has 3 unspecified atom stereocenters. The summed E-state index contributed by atoms with van der Waals surface area (Å²) in [6.07, 6.45) is 8.33. The maximum Gasteiger partial charge on any atom is 0.246 e. The van der Waals surface area contributed by atoms with Gasteiger partial charge in [-0.3, -0.25) is 14.4 Å². The number of nitrogens with one attached hydrogen (secondary N) is 2. The fourth-order valence-corrected chi connectivity index (χ4v) is 6.74. The second-order valence-electron chi connectivity index (χ2n) is 11.0. The molecule has 0 aromatic heterocycles. The molecule has 1 aliphatic carbocycles. The van der Waals surface area contributed by atoms with Crippen LogP contribution in [0.1, 0.15) is 43.2 Å². The molecule has 1 spiro atoms. The zero-order valence-corrected chi connectivity index (χ0v) is 22.1. The Bertz CT molecular complexity index is 1270. The van der Waals surface area contributed by atoms with Gasteiger partial charge in [0, 0.05) is 23.3 Å². The molecule has 6 rings (SSSR count). The first-order chi connectivity index (χ1) is 18.4. The highest BCUT2D eigenvalue weighted by Crippen LogP contribution is 2.55. The Labute approximate surface area is 227 Å². The van der Waals surface area contributed by atoms with Gasteiger partial charge in [-0.2, -0.15) is 0 Å². The molecule has 3 amide bonds. The number of rotatable bonds is 6. The molecule has 5 atom stereocenters. The van der Waals surface area contributed by atoms with Crippen molar-refractivity contribution in [2.24, 2.45) is 11.8 Å². The number of likely N-dealkylation sites (tertiary alicyclic amines) is 1. The lowest BCUT2D eigenvalue weighted by molar-refractivity contribution is -0.142. The van der Waals surface area contributed by atoms with Gasteiger partial charge in [-0.1, -0.05) is 72.8 Å². The van der Waals surface area contributed by atoms with Crippen molar-refractivity contribution in [2.45, 2.75) is 69.4 Å². The van der Waals surface area contributed by atoms with Crippen LogP contribution in [0, 0.1) is 18.8 Å². The SMILES string of the molecule is Cc1ccc(NC(=O)C2[C@H]3C=CC4(O3)C(C(=O)NC3CCCCC3)N(Cc3ccc(Cl)cc3)C(=O)[C@@H]24)cc1. The second-order valence-corrected chi connectivity index (χ2v) is 11.4. The number of carbonyl (C=O) groups excluding carboxylic acids is 3. The van der Waals surface area contributed by atoms with Crippen LogP contribution >= 0.6 is 11.6 Å². The van der Waals surface area contributed by atoms with Crippen LogP contribution in [0.5, 0.6) is 0 Å². The van der Waals surface area contributed by atoms with E-state index < -0.39 is 29.6 Å². The first-order valence-electron chi connectivity index (χ1n) is 13.5. The summed E-state index contributed by atoms with van der Waals surface area (Å²) in [4.78, 5) is 43.1. The largest absolute Gasteiger partial charge is 0.359 e. The van der Waals surface area contributed by atoms with E-state index >= 15 is 0 Å². The van der Waals surface area contributed by atoms with Crippen LogP contribution in [0.15, 0.2) is 60.7 Å². The first-order valence-corrected chi connectivity index (χ1v) is 13.8. The van der Waals surface area contributed by atoms with E-state index in [2.05, 4.69) is 10.6 Å². The summed E-state index contributed by atoms with van der Waals surface area (Å²) < 4.78 is 6.44. The highest BCUT2D eigenvalue weighted by molar-refractivity contribution is 6.30. The summed E-state index contributed by atoms with van der Waals surface area (Å²) in [6, 6.07) is 14.0. The number of benzene rings is 2. The number of fused-ring (bicyclic) bond motifs is 1. The number of carbonyl (C=O) groups is 3. The molecule has 7 nitrogen and oxygen atoms in total. The van der Waals surface area contributed by atoms with Crippen molar-refractivity contribution in [3.05, 3.63) is 76.8 Å².